The number of amides is 2. The monoisotopic (exact) mass is 445 g/mol. The third-order valence-corrected chi connectivity index (χ3v) is 6.64. The Morgan fingerprint density at radius 2 is 1.73 bits per heavy atom. The van der Waals surface area contributed by atoms with E-state index in [0.717, 1.165) is 37.2 Å². The van der Waals surface area contributed by atoms with Crippen LogP contribution in [0, 0.1) is 0 Å². The average Bonchev–Trinajstić information content (AvgIpc) is 2.75. The van der Waals surface area contributed by atoms with Crippen molar-refractivity contribution in [2.24, 2.45) is 0 Å². The topological polar surface area (TPSA) is 52.7 Å². The predicted molar refractivity (Wildman–Crippen MR) is 125 cm³/mol. The molecule has 160 valence electrons. The molecule has 1 N–H and O–H groups in total. The predicted octanol–water partition coefficient (Wildman–Crippen LogP) is 4.38. The molecule has 30 heavy (non-hydrogen) atoms. The maximum atomic E-state index is 12.8. The normalized spacial score (nSPS) is 15.0. The standard InChI is InChI=1S/C23H28ClN3O2S/c1-26-13-11-21(12-14-26)27(2)23(29)18-5-3-17(4-6-18)15-30-16-22(28)25-20-9-7-19(24)8-10-20/h3-10,21H,11-16H2,1-2H3,(H,25,28). The molecule has 1 fully saturated rings. The maximum absolute atomic E-state index is 12.8. The van der Waals surface area contributed by atoms with E-state index < -0.39 is 0 Å². The molecule has 1 saturated heterocycles. The third-order valence-electron chi connectivity index (χ3n) is 5.39. The van der Waals surface area contributed by atoms with Crippen molar-refractivity contribution in [1.29, 1.82) is 0 Å². The van der Waals surface area contributed by atoms with Gasteiger partial charge >= 0.3 is 0 Å². The zero-order valence-electron chi connectivity index (χ0n) is 17.4. The molecule has 0 saturated carbocycles. The van der Waals surface area contributed by atoms with Crippen LogP contribution in [0.3, 0.4) is 0 Å². The lowest BCUT2D eigenvalue weighted by Gasteiger charge is -2.35. The van der Waals surface area contributed by atoms with Gasteiger partial charge in [-0.05, 0) is 74.9 Å². The highest BCUT2D eigenvalue weighted by molar-refractivity contribution is 7.99. The molecule has 0 unspecified atom stereocenters. The van der Waals surface area contributed by atoms with Crippen LogP contribution in [0.4, 0.5) is 5.69 Å². The zero-order chi connectivity index (χ0) is 21.5. The quantitative estimate of drug-likeness (QED) is 0.687. The number of piperidine rings is 1. The Bertz CT molecular complexity index is 850. The first-order valence-corrected chi connectivity index (χ1v) is 11.6. The second-order valence-electron chi connectivity index (χ2n) is 7.70. The highest BCUT2D eigenvalue weighted by Gasteiger charge is 2.24. The molecule has 1 aliphatic rings. The Labute approximate surface area is 187 Å². The van der Waals surface area contributed by atoms with Crippen LogP contribution in [0.15, 0.2) is 48.5 Å². The summed E-state index contributed by atoms with van der Waals surface area (Å²) in [5.41, 5.74) is 2.55. The Morgan fingerprint density at radius 3 is 2.37 bits per heavy atom. The molecule has 0 aliphatic carbocycles. The molecule has 7 heteroatoms. The van der Waals surface area contributed by atoms with Gasteiger partial charge in [-0.1, -0.05) is 23.7 Å². The molecule has 5 nitrogen and oxygen atoms in total. The van der Waals surface area contributed by atoms with Gasteiger partial charge < -0.3 is 15.1 Å². The van der Waals surface area contributed by atoms with Crippen LogP contribution >= 0.6 is 23.4 Å². The summed E-state index contributed by atoms with van der Waals surface area (Å²) in [7, 11) is 4.03. The number of carbonyl (C=O) groups is 2. The van der Waals surface area contributed by atoms with E-state index in [-0.39, 0.29) is 11.8 Å². The van der Waals surface area contributed by atoms with Crippen LogP contribution < -0.4 is 5.32 Å². The van der Waals surface area contributed by atoms with Crippen LogP contribution in [0.5, 0.6) is 0 Å². The molecule has 2 aromatic carbocycles. The van der Waals surface area contributed by atoms with Crippen LogP contribution in [-0.4, -0.2) is 60.6 Å². The summed E-state index contributed by atoms with van der Waals surface area (Å²) >= 11 is 7.39. The van der Waals surface area contributed by atoms with Crippen molar-refractivity contribution in [2.75, 3.05) is 38.3 Å². The fourth-order valence-electron chi connectivity index (χ4n) is 3.49. The fourth-order valence-corrected chi connectivity index (χ4v) is 4.40. The zero-order valence-corrected chi connectivity index (χ0v) is 19.0. The number of hydrogen-bond acceptors (Lipinski definition) is 4. The van der Waals surface area contributed by atoms with Crippen molar-refractivity contribution < 1.29 is 9.59 Å². The Hall–Kier alpha value is -2.02. The smallest absolute Gasteiger partial charge is 0.253 e. The largest absolute Gasteiger partial charge is 0.339 e. The first kappa shape index (κ1) is 22.7. The van der Waals surface area contributed by atoms with Crippen molar-refractivity contribution in [3.8, 4) is 0 Å². The average molecular weight is 446 g/mol. The molecule has 2 amide bonds. The van der Waals surface area contributed by atoms with E-state index in [1.807, 2.05) is 36.2 Å². The second-order valence-corrected chi connectivity index (χ2v) is 9.12. The summed E-state index contributed by atoms with van der Waals surface area (Å²) in [5, 5.41) is 3.49. The fraction of sp³-hybridized carbons (Fsp3) is 0.391. The number of thioether (sulfide) groups is 1. The molecule has 1 heterocycles. The van der Waals surface area contributed by atoms with E-state index >= 15 is 0 Å². The molecule has 3 rings (SSSR count). The van der Waals surface area contributed by atoms with Gasteiger partial charge in [-0.25, -0.2) is 0 Å². The Balaban J connectivity index is 1.44. The summed E-state index contributed by atoms with van der Waals surface area (Å²) in [5.74, 6) is 1.11. The van der Waals surface area contributed by atoms with Gasteiger partial charge in [0.2, 0.25) is 5.91 Å². The molecule has 0 spiro atoms. The summed E-state index contributed by atoms with van der Waals surface area (Å²) in [6, 6.07) is 15.1. The van der Waals surface area contributed by atoms with E-state index in [9.17, 15) is 9.59 Å². The lowest BCUT2D eigenvalue weighted by molar-refractivity contribution is -0.113. The molecule has 0 radical (unpaired) electrons. The van der Waals surface area contributed by atoms with Gasteiger partial charge in [0.05, 0.1) is 5.75 Å². The van der Waals surface area contributed by atoms with Gasteiger partial charge in [0.25, 0.3) is 5.91 Å². The summed E-state index contributed by atoms with van der Waals surface area (Å²) in [4.78, 5) is 29.0. The molecule has 0 bridgehead atoms. The van der Waals surface area contributed by atoms with Gasteiger partial charge in [0.15, 0.2) is 0 Å². The number of rotatable bonds is 7. The molecule has 0 atom stereocenters. The van der Waals surface area contributed by atoms with E-state index in [4.69, 9.17) is 11.6 Å². The van der Waals surface area contributed by atoms with Crippen LogP contribution in [0.25, 0.3) is 0 Å². The van der Waals surface area contributed by atoms with Crippen molar-refractivity contribution in [3.63, 3.8) is 0 Å². The number of benzene rings is 2. The van der Waals surface area contributed by atoms with E-state index in [0.29, 0.717) is 28.1 Å². The van der Waals surface area contributed by atoms with Crippen LogP contribution in [0.2, 0.25) is 5.02 Å². The van der Waals surface area contributed by atoms with E-state index in [1.165, 1.54) is 0 Å². The number of nitrogens with one attached hydrogen (secondary N) is 1. The third kappa shape index (κ3) is 6.49. The lowest BCUT2D eigenvalue weighted by Crippen LogP contribution is -2.44. The number of nitrogens with zero attached hydrogens (tertiary/aromatic N) is 2. The summed E-state index contributed by atoms with van der Waals surface area (Å²) in [6.45, 7) is 2.06. The highest BCUT2D eigenvalue weighted by Crippen LogP contribution is 2.19. The van der Waals surface area contributed by atoms with Crippen LogP contribution in [-0.2, 0) is 10.5 Å². The van der Waals surface area contributed by atoms with Gasteiger partial charge in [-0.15, -0.1) is 11.8 Å². The maximum Gasteiger partial charge on any atom is 0.253 e. The summed E-state index contributed by atoms with van der Waals surface area (Å²) < 4.78 is 0. The van der Waals surface area contributed by atoms with E-state index in [1.54, 1.807) is 36.0 Å². The highest BCUT2D eigenvalue weighted by atomic mass is 35.5. The van der Waals surface area contributed by atoms with Crippen molar-refractivity contribution >= 4 is 40.9 Å². The molecular weight excluding hydrogens is 418 g/mol. The molecular formula is C23H28ClN3O2S. The van der Waals surface area contributed by atoms with Crippen molar-refractivity contribution in [3.05, 3.63) is 64.7 Å². The number of halogens is 1. The summed E-state index contributed by atoms with van der Waals surface area (Å²) in [6.07, 6.45) is 2.04. The molecule has 2 aromatic rings. The van der Waals surface area contributed by atoms with Crippen LogP contribution in [0.1, 0.15) is 28.8 Å². The second kappa shape index (κ2) is 10.8. The molecule has 0 aromatic heterocycles. The Morgan fingerprint density at radius 1 is 1.10 bits per heavy atom. The minimum atomic E-state index is -0.0473. The number of likely N-dealkylation sites (tertiary alicyclic amines) is 1. The SMILES string of the molecule is CN1CCC(N(C)C(=O)c2ccc(CSCC(=O)Nc3ccc(Cl)cc3)cc2)CC1. The van der Waals surface area contributed by atoms with Gasteiger partial charge in [-0.3, -0.25) is 9.59 Å². The number of carbonyl (C=O) groups excluding carboxylic acids is 2. The van der Waals surface area contributed by atoms with Gasteiger partial charge in [0.1, 0.15) is 0 Å². The van der Waals surface area contributed by atoms with Crippen molar-refractivity contribution in [2.45, 2.75) is 24.6 Å². The lowest BCUT2D eigenvalue weighted by atomic mass is 10.0. The first-order chi connectivity index (χ1) is 14.4. The molecule has 1 aliphatic heterocycles. The van der Waals surface area contributed by atoms with Crippen molar-refractivity contribution in [1.82, 2.24) is 9.80 Å². The first-order valence-electron chi connectivity index (χ1n) is 10.1. The van der Waals surface area contributed by atoms with Gasteiger partial charge in [-0.2, -0.15) is 0 Å². The Kier molecular flexibility index (Phi) is 8.19. The van der Waals surface area contributed by atoms with E-state index in [2.05, 4.69) is 17.3 Å². The minimum absolute atomic E-state index is 0.0473. The van der Waals surface area contributed by atoms with Gasteiger partial charge in [0, 0.05) is 35.1 Å². The number of hydrogen-bond donors (Lipinski definition) is 1. The minimum Gasteiger partial charge on any atom is -0.339 e. The number of anilines is 1.